The van der Waals surface area contributed by atoms with Crippen LogP contribution < -0.4 is 15.4 Å². The first kappa shape index (κ1) is 14.0. The van der Waals surface area contributed by atoms with Gasteiger partial charge in [-0.2, -0.15) is 0 Å². The van der Waals surface area contributed by atoms with Gasteiger partial charge in [0.2, 0.25) is 5.88 Å². The Morgan fingerprint density at radius 1 is 1.43 bits per heavy atom. The lowest BCUT2D eigenvalue weighted by molar-refractivity contribution is 0.102. The maximum atomic E-state index is 11.9. The van der Waals surface area contributed by atoms with Crippen LogP contribution in [0, 0.1) is 0 Å². The van der Waals surface area contributed by atoms with Crippen LogP contribution in [-0.2, 0) is 0 Å². The molecule has 1 atom stereocenters. The quantitative estimate of drug-likeness (QED) is 0.902. The molecule has 2 aromatic rings. The van der Waals surface area contributed by atoms with Crippen molar-refractivity contribution in [2.45, 2.75) is 18.9 Å². The van der Waals surface area contributed by atoms with Crippen molar-refractivity contribution in [3.63, 3.8) is 0 Å². The van der Waals surface area contributed by atoms with Crippen molar-refractivity contribution in [3.05, 3.63) is 35.5 Å². The zero-order valence-electron chi connectivity index (χ0n) is 11.4. The van der Waals surface area contributed by atoms with Gasteiger partial charge >= 0.3 is 0 Å². The van der Waals surface area contributed by atoms with Crippen LogP contribution >= 0.6 is 11.5 Å². The van der Waals surface area contributed by atoms with Gasteiger partial charge in [0.1, 0.15) is 6.10 Å². The molecule has 2 N–H and O–H groups in total. The first-order valence-corrected chi connectivity index (χ1v) is 7.69. The molecule has 3 rings (SSSR count). The lowest BCUT2D eigenvalue weighted by Gasteiger charge is -2.23. The van der Waals surface area contributed by atoms with Crippen LogP contribution in [-0.4, -0.2) is 34.5 Å². The van der Waals surface area contributed by atoms with E-state index in [1.807, 2.05) is 0 Å². The normalized spacial score (nSPS) is 18.2. The number of hydrogen-bond donors (Lipinski definition) is 2. The molecular formula is C14H16N4O2S. The van der Waals surface area contributed by atoms with E-state index in [0.717, 1.165) is 25.9 Å². The van der Waals surface area contributed by atoms with Gasteiger partial charge in [-0.05, 0) is 37.0 Å². The summed E-state index contributed by atoms with van der Waals surface area (Å²) >= 11 is 1.25. The Hall–Kier alpha value is -1.99. The molecule has 0 saturated carbocycles. The van der Waals surface area contributed by atoms with Gasteiger partial charge in [-0.15, -0.1) is 0 Å². The van der Waals surface area contributed by atoms with Gasteiger partial charge in [-0.25, -0.2) is 9.36 Å². The summed E-state index contributed by atoms with van der Waals surface area (Å²) in [5, 5.41) is 7.77. The molecule has 1 fully saturated rings. The maximum Gasteiger partial charge on any atom is 0.258 e. The minimum absolute atomic E-state index is 0.170. The fourth-order valence-electron chi connectivity index (χ4n) is 2.14. The van der Waals surface area contributed by atoms with Gasteiger partial charge in [0.25, 0.3) is 5.91 Å². The summed E-state index contributed by atoms with van der Waals surface area (Å²) in [5.41, 5.74) is 1.19. The van der Waals surface area contributed by atoms with Gasteiger partial charge in [-0.3, -0.25) is 4.79 Å². The Morgan fingerprint density at radius 3 is 3.05 bits per heavy atom. The van der Waals surface area contributed by atoms with Crippen molar-refractivity contribution in [1.82, 2.24) is 14.7 Å². The predicted molar refractivity (Wildman–Crippen MR) is 80.8 cm³/mol. The van der Waals surface area contributed by atoms with Gasteiger partial charge in [0.15, 0.2) is 0 Å². The van der Waals surface area contributed by atoms with Gasteiger partial charge < -0.3 is 15.4 Å². The van der Waals surface area contributed by atoms with Gasteiger partial charge in [0, 0.05) is 18.0 Å². The molecular weight excluding hydrogens is 288 g/mol. The number of carbonyl (C=O) groups is 1. The van der Waals surface area contributed by atoms with E-state index >= 15 is 0 Å². The highest BCUT2D eigenvalue weighted by atomic mass is 32.1. The largest absolute Gasteiger partial charge is 0.473 e. The average molecular weight is 304 g/mol. The zero-order chi connectivity index (χ0) is 14.5. The summed E-state index contributed by atoms with van der Waals surface area (Å²) < 4.78 is 9.70. The number of hydrogen-bond acceptors (Lipinski definition) is 6. The number of aromatic nitrogens is 2. The number of carbonyl (C=O) groups excluding carboxylic acids is 1. The molecule has 1 aliphatic rings. The smallest absolute Gasteiger partial charge is 0.258 e. The first-order chi connectivity index (χ1) is 10.3. The van der Waals surface area contributed by atoms with E-state index in [9.17, 15) is 4.79 Å². The van der Waals surface area contributed by atoms with E-state index < -0.39 is 0 Å². The van der Waals surface area contributed by atoms with Crippen molar-refractivity contribution in [2.24, 2.45) is 0 Å². The third-order valence-corrected chi connectivity index (χ3v) is 3.81. The van der Waals surface area contributed by atoms with Crippen LogP contribution in [0.5, 0.6) is 5.88 Å². The van der Waals surface area contributed by atoms with Crippen LogP contribution in [0.4, 0.5) is 5.69 Å². The van der Waals surface area contributed by atoms with E-state index in [2.05, 4.69) is 20.0 Å². The van der Waals surface area contributed by atoms with E-state index in [0.29, 0.717) is 17.1 Å². The van der Waals surface area contributed by atoms with Crippen molar-refractivity contribution in [3.8, 4) is 5.88 Å². The molecule has 1 aliphatic heterocycles. The second-order valence-corrected chi connectivity index (χ2v) is 5.50. The molecule has 3 heterocycles. The Morgan fingerprint density at radius 2 is 2.38 bits per heavy atom. The molecule has 0 bridgehead atoms. The standard InChI is InChI=1S/C14H16N4O2S/c19-14(10-6-17-21-9-10)18-11-3-4-13(16-7-11)20-12-2-1-5-15-8-12/h3-4,6-7,9,12,15H,1-2,5,8H2,(H,18,19). The number of nitrogens with one attached hydrogen (secondary N) is 2. The van der Waals surface area contributed by atoms with Crippen LogP contribution in [0.25, 0.3) is 0 Å². The summed E-state index contributed by atoms with van der Waals surface area (Å²) in [6.07, 6.45) is 5.47. The number of ether oxygens (including phenoxy) is 1. The third-order valence-electron chi connectivity index (χ3n) is 3.23. The minimum Gasteiger partial charge on any atom is -0.473 e. The lowest BCUT2D eigenvalue weighted by atomic mass is 10.1. The van der Waals surface area contributed by atoms with E-state index in [1.165, 1.54) is 11.5 Å². The Balaban J connectivity index is 1.57. The van der Waals surface area contributed by atoms with E-state index in [-0.39, 0.29) is 12.0 Å². The molecule has 0 aliphatic carbocycles. The molecule has 21 heavy (non-hydrogen) atoms. The summed E-state index contributed by atoms with van der Waals surface area (Å²) in [5.74, 6) is 0.398. The number of anilines is 1. The van der Waals surface area contributed by atoms with E-state index in [4.69, 9.17) is 4.74 Å². The first-order valence-electron chi connectivity index (χ1n) is 6.85. The molecule has 0 radical (unpaired) electrons. The Bertz CT molecular complexity index is 580. The fraction of sp³-hybridized carbons (Fsp3) is 0.357. The monoisotopic (exact) mass is 304 g/mol. The summed E-state index contributed by atoms with van der Waals surface area (Å²) in [6, 6.07) is 3.56. The Kier molecular flexibility index (Phi) is 4.42. The second kappa shape index (κ2) is 6.64. The van der Waals surface area contributed by atoms with Crippen LogP contribution in [0.3, 0.4) is 0 Å². The highest BCUT2D eigenvalue weighted by Gasteiger charge is 2.15. The summed E-state index contributed by atoms with van der Waals surface area (Å²) in [7, 11) is 0. The second-order valence-electron chi connectivity index (χ2n) is 4.84. The summed E-state index contributed by atoms with van der Waals surface area (Å²) in [4.78, 5) is 16.1. The molecule has 1 saturated heterocycles. The number of nitrogens with zero attached hydrogens (tertiary/aromatic N) is 2. The van der Waals surface area contributed by atoms with Crippen LogP contribution in [0.15, 0.2) is 29.9 Å². The molecule has 1 unspecified atom stereocenters. The maximum absolute atomic E-state index is 11.9. The molecule has 0 spiro atoms. The highest BCUT2D eigenvalue weighted by Crippen LogP contribution is 2.16. The van der Waals surface area contributed by atoms with Crippen molar-refractivity contribution in [2.75, 3.05) is 18.4 Å². The van der Waals surface area contributed by atoms with Crippen LogP contribution in [0.2, 0.25) is 0 Å². The summed E-state index contributed by atoms with van der Waals surface area (Å²) in [6.45, 7) is 1.90. The lowest BCUT2D eigenvalue weighted by Crippen LogP contribution is -2.37. The topological polar surface area (TPSA) is 76.1 Å². The zero-order valence-corrected chi connectivity index (χ0v) is 12.2. The number of amides is 1. The minimum atomic E-state index is -0.185. The third kappa shape index (κ3) is 3.77. The predicted octanol–water partition coefficient (Wildman–Crippen LogP) is 1.92. The average Bonchev–Trinajstić information content (AvgIpc) is 3.05. The molecule has 0 aromatic carbocycles. The van der Waals surface area contributed by atoms with E-state index in [1.54, 1.807) is 29.9 Å². The number of piperidine rings is 1. The van der Waals surface area contributed by atoms with Crippen LogP contribution in [0.1, 0.15) is 23.2 Å². The SMILES string of the molecule is O=C(Nc1ccc(OC2CCCNC2)nc1)c1cnsc1. The van der Waals surface area contributed by atoms with Crippen molar-refractivity contribution in [1.29, 1.82) is 0 Å². The van der Waals surface area contributed by atoms with Gasteiger partial charge in [-0.1, -0.05) is 0 Å². The molecule has 6 nitrogen and oxygen atoms in total. The number of pyridine rings is 1. The van der Waals surface area contributed by atoms with Crippen molar-refractivity contribution < 1.29 is 9.53 Å². The number of rotatable bonds is 4. The van der Waals surface area contributed by atoms with Gasteiger partial charge in [0.05, 0.1) is 23.6 Å². The fourth-order valence-corrected chi connectivity index (χ4v) is 2.65. The molecule has 110 valence electrons. The van der Waals surface area contributed by atoms with Crippen molar-refractivity contribution >= 4 is 23.1 Å². The highest BCUT2D eigenvalue weighted by molar-refractivity contribution is 7.03. The molecule has 1 amide bonds. The molecule has 2 aromatic heterocycles. The Labute approximate surface area is 126 Å². The molecule has 7 heteroatoms.